The molecule has 0 aliphatic rings. The number of nitriles is 1. The van der Waals surface area contributed by atoms with E-state index in [1.807, 2.05) is 0 Å². The second-order valence-electron chi connectivity index (χ2n) is 3.95. The standard InChI is InChI=1S/C13H6BrF4N3/c14-8-2-3-10(9(15)5-8)20-12-7(6-19)1-4-11(21-12)13(16,17)18/h1-5H,(H,20,21). The molecule has 0 unspecified atom stereocenters. The Kier molecular flexibility index (Phi) is 4.14. The maximum Gasteiger partial charge on any atom is 0.433 e. The van der Waals surface area contributed by atoms with Crippen LogP contribution in [0.4, 0.5) is 29.1 Å². The molecule has 1 aromatic heterocycles. The van der Waals surface area contributed by atoms with Gasteiger partial charge >= 0.3 is 6.18 Å². The summed E-state index contributed by atoms with van der Waals surface area (Å²) in [6.07, 6.45) is -4.65. The van der Waals surface area contributed by atoms with Gasteiger partial charge < -0.3 is 5.32 Å². The van der Waals surface area contributed by atoms with Crippen LogP contribution >= 0.6 is 15.9 Å². The number of aromatic nitrogens is 1. The van der Waals surface area contributed by atoms with Gasteiger partial charge in [-0.25, -0.2) is 9.37 Å². The molecule has 1 heterocycles. The third kappa shape index (κ3) is 3.49. The molecule has 1 aromatic carbocycles. The van der Waals surface area contributed by atoms with E-state index >= 15 is 0 Å². The summed E-state index contributed by atoms with van der Waals surface area (Å²) < 4.78 is 52.0. The van der Waals surface area contributed by atoms with Crippen molar-refractivity contribution in [2.24, 2.45) is 0 Å². The van der Waals surface area contributed by atoms with Gasteiger partial charge in [0.25, 0.3) is 0 Å². The molecule has 0 saturated heterocycles. The highest BCUT2D eigenvalue weighted by molar-refractivity contribution is 9.10. The van der Waals surface area contributed by atoms with Gasteiger partial charge in [0.1, 0.15) is 23.4 Å². The van der Waals surface area contributed by atoms with E-state index in [1.54, 1.807) is 6.07 Å². The Morgan fingerprint density at radius 2 is 1.90 bits per heavy atom. The molecule has 8 heteroatoms. The van der Waals surface area contributed by atoms with Crippen LogP contribution in [0.15, 0.2) is 34.8 Å². The van der Waals surface area contributed by atoms with E-state index in [2.05, 4.69) is 26.2 Å². The maximum atomic E-state index is 13.7. The Morgan fingerprint density at radius 3 is 2.48 bits per heavy atom. The van der Waals surface area contributed by atoms with Crippen molar-refractivity contribution in [1.82, 2.24) is 4.98 Å². The second kappa shape index (κ2) is 5.69. The van der Waals surface area contributed by atoms with Crippen LogP contribution in [0.25, 0.3) is 0 Å². The molecule has 2 aromatic rings. The first-order valence-electron chi connectivity index (χ1n) is 5.51. The molecule has 0 saturated carbocycles. The minimum absolute atomic E-state index is 0.0819. The van der Waals surface area contributed by atoms with Crippen molar-refractivity contribution in [3.05, 3.63) is 51.9 Å². The monoisotopic (exact) mass is 359 g/mol. The lowest BCUT2D eigenvalue weighted by Crippen LogP contribution is -2.10. The number of benzene rings is 1. The number of alkyl halides is 3. The molecule has 0 bridgehead atoms. The van der Waals surface area contributed by atoms with Crippen LogP contribution in [0.5, 0.6) is 0 Å². The third-order valence-electron chi connectivity index (χ3n) is 2.49. The van der Waals surface area contributed by atoms with Crippen LogP contribution in [0.1, 0.15) is 11.3 Å². The van der Waals surface area contributed by atoms with E-state index in [0.29, 0.717) is 10.5 Å². The maximum absolute atomic E-state index is 13.7. The summed E-state index contributed by atoms with van der Waals surface area (Å²) in [6.45, 7) is 0. The van der Waals surface area contributed by atoms with Crippen LogP contribution in [-0.2, 0) is 6.18 Å². The summed E-state index contributed by atoms with van der Waals surface area (Å²) in [4.78, 5) is 3.34. The Bertz CT molecular complexity index is 722. The number of nitrogens with one attached hydrogen (secondary N) is 1. The van der Waals surface area contributed by atoms with Gasteiger partial charge in [-0.3, -0.25) is 0 Å². The van der Waals surface area contributed by atoms with E-state index in [1.165, 1.54) is 12.1 Å². The van der Waals surface area contributed by atoms with E-state index in [9.17, 15) is 17.6 Å². The number of nitrogens with zero attached hydrogens (tertiary/aromatic N) is 2. The predicted octanol–water partition coefficient (Wildman–Crippen LogP) is 4.62. The Labute approximate surface area is 125 Å². The molecular weight excluding hydrogens is 354 g/mol. The summed E-state index contributed by atoms with van der Waals surface area (Å²) in [7, 11) is 0. The molecule has 0 amide bonds. The summed E-state index contributed by atoms with van der Waals surface area (Å²) in [5.74, 6) is -1.04. The van der Waals surface area contributed by atoms with E-state index < -0.39 is 17.7 Å². The number of hydrogen-bond acceptors (Lipinski definition) is 3. The number of rotatable bonds is 2. The smallest absolute Gasteiger partial charge is 0.337 e. The van der Waals surface area contributed by atoms with Gasteiger partial charge in [-0.15, -0.1) is 0 Å². The highest BCUT2D eigenvalue weighted by atomic mass is 79.9. The first kappa shape index (κ1) is 15.3. The quantitative estimate of drug-likeness (QED) is 0.796. The molecule has 0 aliphatic carbocycles. The van der Waals surface area contributed by atoms with Crippen LogP contribution in [0.3, 0.4) is 0 Å². The summed E-state index contributed by atoms with van der Waals surface area (Å²) in [6, 6.07) is 7.35. The summed E-state index contributed by atoms with van der Waals surface area (Å²) in [5.41, 5.74) is -1.37. The third-order valence-corrected chi connectivity index (χ3v) is 2.98. The lowest BCUT2D eigenvalue weighted by molar-refractivity contribution is -0.141. The molecule has 21 heavy (non-hydrogen) atoms. The molecule has 0 radical (unpaired) electrons. The van der Waals surface area contributed by atoms with Crippen molar-refractivity contribution < 1.29 is 17.6 Å². The SMILES string of the molecule is N#Cc1ccc(C(F)(F)F)nc1Nc1ccc(Br)cc1F. The van der Waals surface area contributed by atoms with Crippen LogP contribution in [0, 0.1) is 17.1 Å². The van der Waals surface area contributed by atoms with Gasteiger partial charge in [-0.2, -0.15) is 18.4 Å². The van der Waals surface area contributed by atoms with Crippen LogP contribution < -0.4 is 5.32 Å². The van der Waals surface area contributed by atoms with Crippen LogP contribution in [-0.4, -0.2) is 4.98 Å². The van der Waals surface area contributed by atoms with Gasteiger partial charge in [-0.05, 0) is 30.3 Å². The molecule has 1 N–H and O–H groups in total. The van der Waals surface area contributed by atoms with Crippen molar-refractivity contribution in [1.29, 1.82) is 5.26 Å². The zero-order chi connectivity index (χ0) is 15.6. The Hall–Kier alpha value is -2.14. The molecule has 0 spiro atoms. The van der Waals surface area contributed by atoms with Crippen molar-refractivity contribution in [3.63, 3.8) is 0 Å². The van der Waals surface area contributed by atoms with Gasteiger partial charge in [-0.1, -0.05) is 15.9 Å². The fourth-order valence-electron chi connectivity index (χ4n) is 1.52. The number of anilines is 2. The van der Waals surface area contributed by atoms with Gasteiger partial charge in [0.05, 0.1) is 11.3 Å². The van der Waals surface area contributed by atoms with E-state index in [4.69, 9.17) is 5.26 Å². The van der Waals surface area contributed by atoms with Crippen molar-refractivity contribution >= 4 is 27.4 Å². The first-order valence-corrected chi connectivity index (χ1v) is 6.31. The lowest BCUT2D eigenvalue weighted by Gasteiger charge is -2.11. The molecule has 0 aliphatic heterocycles. The number of pyridine rings is 1. The molecule has 3 nitrogen and oxygen atoms in total. The lowest BCUT2D eigenvalue weighted by atomic mass is 10.2. The Morgan fingerprint density at radius 1 is 1.19 bits per heavy atom. The topological polar surface area (TPSA) is 48.7 Å². The molecular formula is C13H6BrF4N3. The van der Waals surface area contributed by atoms with Gasteiger partial charge in [0.15, 0.2) is 0 Å². The van der Waals surface area contributed by atoms with Crippen molar-refractivity contribution in [2.75, 3.05) is 5.32 Å². The highest BCUT2D eigenvalue weighted by Gasteiger charge is 2.33. The Balaban J connectivity index is 2.45. The fraction of sp³-hybridized carbons (Fsp3) is 0.0769. The van der Waals surface area contributed by atoms with Crippen molar-refractivity contribution in [2.45, 2.75) is 6.18 Å². The molecule has 2 rings (SSSR count). The summed E-state index contributed by atoms with van der Waals surface area (Å²) >= 11 is 3.06. The van der Waals surface area contributed by atoms with Crippen LogP contribution in [0.2, 0.25) is 0 Å². The largest absolute Gasteiger partial charge is 0.433 e. The zero-order valence-corrected chi connectivity index (χ0v) is 11.8. The summed E-state index contributed by atoms with van der Waals surface area (Å²) in [5, 5.41) is 11.3. The molecule has 0 atom stereocenters. The normalized spacial score (nSPS) is 11.0. The number of halogens is 5. The van der Waals surface area contributed by atoms with Gasteiger partial charge in [0.2, 0.25) is 0 Å². The van der Waals surface area contributed by atoms with Crippen molar-refractivity contribution in [3.8, 4) is 6.07 Å². The minimum Gasteiger partial charge on any atom is -0.337 e. The van der Waals surface area contributed by atoms with Gasteiger partial charge in [0, 0.05) is 4.47 Å². The average Bonchev–Trinajstić information content (AvgIpc) is 2.41. The molecule has 108 valence electrons. The predicted molar refractivity (Wildman–Crippen MR) is 71.3 cm³/mol. The minimum atomic E-state index is -4.65. The average molecular weight is 360 g/mol. The van der Waals surface area contributed by atoms with E-state index in [0.717, 1.165) is 12.1 Å². The highest BCUT2D eigenvalue weighted by Crippen LogP contribution is 2.31. The van der Waals surface area contributed by atoms with E-state index in [-0.39, 0.29) is 17.1 Å². The molecule has 0 fully saturated rings. The zero-order valence-electron chi connectivity index (χ0n) is 10.2. The first-order chi connectivity index (χ1) is 9.81. The fourth-order valence-corrected chi connectivity index (χ4v) is 1.85. The second-order valence-corrected chi connectivity index (χ2v) is 4.87. The number of hydrogen-bond donors (Lipinski definition) is 1.